The molecule has 0 fully saturated rings. The minimum absolute atomic E-state index is 0.0853. The van der Waals surface area contributed by atoms with E-state index in [4.69, 9.17) is 0 Å². The van der Waals surface area contributed by atoms with Gasteiger partial charge in [-0.2, -0.15) is 0 Å². The van der Waals surface area contributed by atoms with E-state index in [9.17, 15) is 22.4 Å². The summed E-state index contributed by atoms with van der Waals surface area (Å²) in [4.78, 5) is 24.4. The molecule has 0 unspecified atom stereocenters. The smallest absolute Gasteiger partial charge is 0.328 e. The van der Waals surface area contributed by atoms with Gasteiger partial charge in [0, 0.05) is 20.1 Å². The fourth-order valence-electron chi connectivity index (χ4n) is 3.19. The molecule has 0 bridgehead atoms. The fraction of sp³-hybridized carbons (Fsp3) is 0.300. The summed E-state index contributed by atoms with van der Waals surface area (Å²) in [6, 6.07) is 8.99. The van der Waals surface area contributed by atoms with E-state index >= 15 is 0 Å². The van der Waals surface area contributed by atoms with E-state index in [0.717, 1.165) is 16.4 Å². The lowest BCUT2D eigenvalue weighted by molar-refractivity contribution is -0.120. The van der Waals surface area contributed by atoms with Crippen molar-refractivity contribution in [3.8, 4) is 0 Å². The van der Waals surface area contributed by atoms with Gasteiger partial charge in [0.05, 0.1) is 21.6 Å². The highest BCUT2D eigenvalue weighted by molar-refractivity contribution is 7.92. The number of hydrogen-bond acceptors (Lipinski definition) is 4. The molecule has 0 spiro atoms. The number of fused-ring (bicyclic) bond motifs is 1. The number of rotatable bonds is 6. The van der Waals surface area contributed by atoms with Crippen molar-refractivity contribution in [1.82, 2.24) is 14.5 Å². The fourth-order valence-corrected chi connectivity index (χ4v) is 4.64. The number of nitrogens with zero attached hydrogens (tertiary/aromatic N) is 3. The molecule has 1 heterocycles. The number of benzene rings is 2. The van der Waals surface area contributed by atoms with Crippen LogP contribution in [0.5, 0.6) is 0 Å². The van der Waals surface area contributed by atoms with E-state index in [-0.39, 0.29) is 22.3 Å². The third-order valence-corrected chi connectivity index (χ3v) is 6.45. The van der Waals surface area contributed by atoms with Crippen LogP contribution in [0.2, 0.25) is 0 Å². The lowest BCUT2D eigenvalue weighted by Crippen LogP contribution is -2.42. The second-order valence-corrected chi connectivity index (χ2v) is 9.12. The highest BCUT2D eigenvalue weighted by atomic mass is 32.2. The average Bonchev–Trinajstić information content (AvgIpc) is 2.90. The maximum atomic E-state index is 13.4. The van der Waals surface area contributed by atoms with Crippen LogP contribution in [0.1, 0.15) is 13.8 Å². The molecule has 0 aliphatic carbocycles. The first-order chi connectivity index (χ1) is 14.0. The molecule has 0 aliphatic heterocycles. The molecule has 1 N–H and O–H groups in total. The number of aryl methyl sites for hydroxylation is 2. The van der Waals surface area contributed by atoms with Gasteiger partial charge in [-0.25, -0.2) is 17.6 Å². The van der Waals surface area contributed by atoms with E-state index in [1.54, 1.807) is 34.0 Å². The number of nitrogens with one attached hydrogen (secondary N) is 1. The molecule has 0 radical (unpaired) electrons. The number of carbonyl (C=O) groups excluding carboxylic acids is 1. The molecular formula is C20H23FN4O4S. The van der Waals surface area contributed by atoms with E-state index in [1.807, 2.05) is 0 Å². The van der Waals surface area contributed by atoms with Crippen molar-refractivity contribution in [2.45, 2.75) is 24.8 Å². The number of hydrogen-bond donors (Lipinski definition) is 1. The highest BCUT2D eigenvalue weighted by Gasteiger charge is 2.28. The van der Waals surface area contributed by atoms with Crippen molar-refractivity contribution in [2.24, 2.45) is 14.1 Å². The Balaban J connectivity index is 2.12. The topological polar surface area (TPSA) is 93.4 Å². The average molecular weight is 434 g/mol. The van der Waals surface area contributed by atoms with Crippen LogP contribution in [0, 0.1) is 5.82 Å². The molecule has 2 aromatic carbocycles. The molecule has 0 aliphatic rings. The van der Waals surface area contributed by atoms with Crippen LogP contribution in [0.25, 0.3) is 11.0 Å². The van der Waals surface area contributed by atoms with Gasteiger partial charge < -0.3 is 5.32 Å². The quantitative estimate of drug-likeness (QED) is 0.640. The number of anilines is 1. The number of sulfonamides is 1. The molecule has 1 aromatic heterocycles. The largest absolute Gasteiger partial charge is 0.352 e. The van der Waals surface area contributed by atoms with Crippen molar-refractivity contribution < 1.29 is 17.6 Å². The monoisotopic (exact) mass is 434 g/mol. The van der Waals surface area contributed by atoms with Gasteiger partial charge in [-0.3, -0.25) is 18.2 Å². The Hall–Kier alpha value is -3.14. The van der Waals surface area contributed by atoms with Gasteiger partial charge in [0.1, 0.15) is 12.4 Å². The van der Waals surface area contributed by atoms with Crippen LogP contribution in [0.3, 0.4) is 0 Å². The van der Waals surface area contributed by atoms with E-state index in [0.29, 0.717) is 11.0 Å². The molecule has 10 heteroatoms. The first kappa shape index (κ1) is 21.6. The van der Waals surface area contributed by atoms with Crippen LogP contribution in [0.4, 0.5) is 10.1 Å². The van der Waals surface area contributed by atoms with Crippen LogP contribution in [0.15, 0.2) is 52.2 Å². The van der Waals surface area contributed by atoms with E-state index in [1.165, 1.54) is 33.4 Å². The Morgan fingerprint density at radius 1 is 1.07 bits per heavy atom. The number of carbonyl (C=O) groups is 1. The Bertz CT molecular complexity index is 1260. The van der Waals surface area contributed by atoms with Gasteiger partial charge in [-0.05, 0) is 56.3 Å². The zero-order chi connectivity index (χ0) is 22.2. The van der Waals surface area contributed by atoms with Crippen molar-refractivity contribution in [3.05, 3.63) is 58.8 Å². The first-order valence-electron chi connectivity index (χ1n) is 9.25. The van der Waals surface area contributed by atoms with Gasteiger partial charge in [-0.15, -0.1) is 0 Å². The molecule has 0 saturated heterocycles. The zero-order valence-electron chi connectivity index (χ0n) is 17.1. The van der Waals surface area contributed by atoms with Gasteiger partial charge in [-0.1, -0.05) is 0 Å². The number of amides is 1. The third-order valence-electron chi connectivity index (χ3n) is 4.68. The maximum absolute atomic E-state index is 13.4. The highest BCUT2D eigenvalue weighted by Crippen LogP contribution is 2.26. The zero-order valence-corrected chi connectivity index (χ0v) is 17.9. The normalized spacial score (nSPS) is 11.8. The molecule has 0 saturated carbocycles. The van der Waals surface area contributed by atoms with E-state index in [2.05, 4.69) is 5.32 Å². The van der Waals surface area contributed by atoms with Crippen molar-refractivity contribution in [1.29, 1.82) is 0 Å². The van der Waals surface area contributed by atoms with Crippen LogP contribution >= 0.6 is 0 Å². The Labute approximate surface area is 173 Å². The van der Waals surface area contributed by atoms with Crippen molar-refractivity contribution >= 4 is 32.7 Å². The van der Waals surface area contributed by atoms with Crippen LogP contribution in [-0.4, -0.2) is 36.0 Å². The van der Waals surface area contributed by atoms with Crippen molar-refractivity contribution in [3.63, 3.8) is 0 Å². The van der Waals surface area contributed by atoms with E-state index < -0.39 is 28.3 Å². The second-order valence-electron chi connectivity index (χ2n) is 7.26. The first-order valence-corrected chi connectivity index (χ1v) is 10.7. The van der Waals surface area contributed by atoms with Gasteiger partial charge in [0.15, 0.2) is 0 Å². The summed E-state index contributed by atoms with van der Waals surface area (Å²) in [7, 11) is -1.04. The van der Waals surface area contributed by atoms with Crippen LogP contribution < -0.4 is 15.3 Å². The Morgan fingerprint density at radius 2 is 1.67 bits per heavy atom. The lowest BCUT2D eigenvalue weighted by Gasteiger charge is -2.24. The molecule has 160 valence electrons. The lowest BCUT2D eigenvalue weighted by atomic mass is 10.3. The molecule has 3 aromatic rings. The van der Waals surface area contributed by atoms with Crippen molar-refractivity contribution in [2.75, 3.05) is 10.8 Å². The minimum atomic E-state index is -4.18. The Morgan fingerprint density at radius 3 is 2.27 bits per heavy atom. The minimum Gasteiger partial charge on any atom is -0.352 e. The summed E-state index contributed by atoms with van der Waals surface area (Å²) in [5, 5.41) is 2.66. The summed E-state index contributed by atoms with van der Waals surface area (Å²) < 4.78 is 44.0. The molecular weight excluding hydrogens is 411 g/mol. The molecule has 8 nitrogen and oxygen atoms in total. The summed E-state index contributed by atoms with van der Waals surface area (Å²) in [6.45, 7) is 3.05. The third kappa shape index (κ3) is 3.95. The maximum Gasteiger partial charge on any atom is 0.328 e. The standard InChI is InChI=1S/C20H23FN4O4S/c1-13(2)22-19(26)12-25(15-7-5-14(21)6-8-15)30(28,29)16-9-10-17-18(11-16)24(4)20(27)23(17)3/h5-11,13H,12H2,1-4H3,(H,22,26). The summed E-state index contributed by atoms with van der Waals surface area (Å²) >= 11 is 0. The molecule has 3 rings (SSSR count). The predicted molar refractivity (Wildman–Crippen MR) is 112 cm³/mol. The molecule has 0 atom stereocenters. The molecule has 30 heavy (non-hydrogen) atoms. The summed E-state index contributed by atoms with van der Waals surface area (Å²) in [5.41, 5.74) is 0.880. The van der Waals surface area contributed by atoms with Gasteiger partial charge in [0.2, 0.25) is 5.91 Å². The second kappa shape index (κ2) is 7.94. The summed E-state index contributed by atoms with van der Waals surface area (Å²) in [6.07, 6.45) is 0. The predicted octanol–water partition coefficient (Wildman–Crippen LogP) is 1.74. The van der Waals surface area contributed by atoms with Gasteiger partial charge >= 0.3 is 5.69 Å². The SMILES string of the molecule is CC(C)NC(=O)CN(c1ccc(F)cc1)S(=O)(=O)c1ccc2c(c1)n(C)c(=O)n2C. The van der Waals surface area contributed by atoms with Crippen LogP contribution in [-0.2, 0) is 28.9 Å². The molecule has 1 amide bonds. The number of aromatic nitrogens is 2. The van der Waals surface area contributed by atoms with Gasteiger partial charge in [0.25, 0.3) is 10.0 Å². The number of halogens is 1. The summed E-state index contributed by atoms with van der Waals surface area (Å²) in [5.74, 6) is -1.02. The number of imidazole rings is 1. The Kier molecular flexibility index (Phi) is 5.71.